The van der Waals surface area contributed by atoms with E-state index in [9.17, 15) is 17.2 Å². The topological polar surface area (TPSA) is 72.0 Å². The average molecular weight is 375 g/mol. The number of halogens is 2. The Hall–Kier alpha value is -2.87. The standard InChI is InChI=1S/C18H15F2N3O2S/c1-26(24,25)14-4-2-3-12(9-14)18(23-17-11-21-7-8-22-17)13-5-6-15(19)16(20)10-13/h2-11,18H,1H3,(H,22,23). The third-order valence-electron chi connectivity index (χ3n) is 3.75. The molecule has 26 heavy (non-hydrogen) atoms. The average Bonchev–Trinajstić information content (AvgIpc) is 2.62. The van der Waals surface area contributed by atoms with E-state index >= 15 is 0 Å². The first kappa shape index (κ1) is 17.9. The third-order valence-corrected chi connectivity index (χ3v) is 4.86. The molecule has 8 heteroatoms. The first-order chi connectivity index (χ1) is 12.3. The van der Waals surface area contributed by atoms with E-state index in [4.69, 9.17) is 0 Å². The lowest BCUT2D eigenvalue weighted by atomic mass is 9.98. The molecule has 0 aliphatic rings. The Balaban J connectivity index is 2.10. The summed E-state index contributed by atoms with van der Waals surface area (Å²) in [7, 11) is -3.42. The maximum Gasteiger partial charge on any atom is 0.175 e. The fourth-order valence-corrected chi connectivity index (χ4v) is 3.17. The van der Waals surface area contributed by atoms with E-state index < -0.39 is 27.5 Å². The van der Waals surface area contributed by atoms with Crippen LogP contribution in [0.5, 0.6) is 0 Å². The fraction of sp³-hybridized carbons (Fsp3) is 0.111. The van der Waals surface area contributed by atoms with Gasteiger partial charge in [0.2, 0.25) is 0 Å². The van der Waals surface area contributed by atoms with Crippen LogP contribution in [0.1, 0.15) is 17.2 Å². The van der Waals surface area contributed by atoms with Gasteiger partial charge in [0.15, 0.2) is 21.5 Å². The monoisotopic (exact) mass is 375 g/mol. The number of sulfone groups is 1. The molecule has 0 aliphatic heterocycles. The number of benzene rings is 2. The third kappa shape index (κ3) is 4.02. The molecule has 0 fully saturated rings. The molecule has 2 aromatic carbocycles. The quantitative estimate of drug-likeness (QED) is 0.740. The lowest BCUT2D eigenvalue weighted by Gasteiger charge is -2.21. The van der Waals surface area contributed by atoms with Crippen LogP contribution in [0.15, 0.2) is 66.0 Å². The molecule has 0 saturated heterocycles. The number of aromatic nitrogens is 2. The van der Waals surface area contributed by atoms with Gasteiger partial charge < -0.3 is 5.32 Å². The summed E-state index contributed by atoms with van der Waals surface area (Å²) in [5.74, 6) is -1.54. The smallest absolute Gasteiger partial charge is 0.175 e. The molecule has 0 radical (unpaired) electrons. The van der Waals surface area contributed by atoms with Crippen LogP contribution in [0.4, 0.5) is 14.6 Å². The van der Waals surface area contributed by atoms with Crippen LogP contribution in [0.2, 0.25) is 0 Å². The van der Waals surface area contributed by atoms with Gasteiger partial charge in [-0.2, -0.15) is 0 Å². The van der Waals surface area contributed by atoms with E-state index in [0.717, 1.165) is 18.4 Å². The second kappa shape index (κ2) is 7.17. The number of nitrogens with one attached hydrogen (secondary N) is 1. The van der Waals surface area contributed by atoms with Crippen LogP contribution < -0.4 is 5.32 Å². The zero-order valence-corrected chi connectivity index (χ0v) is 14.5. The lowest BCUT2D eigenvalue weighted by Crippen LogP contribution is -2.14. The minimum atomic E-state index is -3.42. The number of hydrogen-bond donors (Lipinski definition) is 1. The van der Waals surface area contributed by atoms with E-state index in [1.54, 1.807) is 12.1 Å². The summed E-state index contributed by atoms with van der Waals surface area (Å²) in [4.78, 5) is 8.21. The Morgan fingerprint density at radius 3 is 2.42 bits per heavy atom. The lowest BCUT2D eigenvalue weighted by molar-refractivity contribution is 0.506. The molecule has 3 aromatic rings. The first-order valence-electron chi connectivity index (χ1n) is 7.62. The second-order valence-corrected chi connectivity index (χ2v) is 7.70. The van der Waals surface area contributed by atoms with E-state index in [1.165, 1.54) is 36.8 Å². The minimum Gasteiger partial charge on any atom is -0.358 e. The molecular formula is C18H15F2N3O2S. The highest BCUT2D eigenvalue weighted by Crippen LogP contribution is 2.28. The SMILES string of the molecule is CS(=O)(=O)c1cccc(C(Nc2cnccn2)c2ccc(F)c(F)c2)c1. The molecule has 1 aromatic heterocycles. The molecule has 0 bridgehead atoms. The summed E-state index contributed by atoms with van der Waals surface area (Å²) in [5.41, 5.74) is 0.977. The molecule has 1 heterocycles. The van der Waals surface area contributed by atoms with Crippen molar-refractivity contribution in [1.29, 1.82) is 0 Å². The Kier molecular flexibility index (Phi) is 4.94. The first-order valence-corrected chi connectivity index (χ1v) is 9.51. The highest BCUT2D eigenvalue weighted by atomic mass is 32.2. The molecule has 1 N–H and O–H groups in total. The van der Waals surface area contributed by atoms with Gasteiger partial charge >= 0.3 is 0 Å². The van der Waals surface area contributed by atoms with Crippen LogP contribution in [0, 0.1) is 11.6 Å². The van der Waals surface area contributed by atoms with E-state index in [-0.39, 0.29) is 4.90 Å². The van der Waals surface area contributed by atoms with Gasteiger partial charge in [-0.25, -0.2) is 22.2 Å². The van der Waals surface area contributed by atoms with Crippen molar-refractivity contribution in [2.75, 3.05) is 11.6 Å². The van der Waals surface area contributed by atoms with Gasteiger partial charge in [-0.15, -0.1) is 0 Å². The number of nitrogens with zero attached hydrogens (tertiary/aromatic N) is 2. The summed E-state index contributed by atoms with van der Waals surface area (Å²) >= 11 is 0. The van der Waals surface area contributed by atoms with Crippen molar-refractivity contribution in [2.24, 2.45) is 0 Å². The Bertz CT molecular complexity index is 1030. The predicted molar refractivity (Wildman–Crippen MR) is 93.4 cm³/mol. The van der Waals surface area contributed by atoms with Crippen molar-refractivity contribution in [1.82, 2.24) is 9.97 Å². The molecule has 0 aliphatic carbocycles. The van der Waals surface area contributed by atoms with Crippen molar-refractivity contribution in [3.63, 3.8) is 0 Å². The Morgan fingerprint density at radius 1 is 1.00 bits per heavy atom. The zero-order chi connectivity index (χ0) is 18.7. The summed E-state index contributed by atoms with van der Waals surface area (Å²) in [5, 5.41) is 3.08. The van der Waals surface area contributed by atoms with Gasteiger partial charge in [0.05, 0.1) is 17.1 Å². The van der Waals surface area contributed by atoms with Gasteiger partial charge in [-0.05, 0) is 35.4 Å². The van der Waals surface area contributed by atoms with Crippen LogP contribution in [-0.4, -0.2) is 24.6 Å². The van der Waals surface area contributed by atoms with E-state index in [2.05, 4.69) is 15.3 Å². The van der Waals surface area contributed by atoms with Crippen molar-refractivity contribution in [3.05, 3.63) is 83.8 Å². The van der Waals surface area contributed by atoms with Gasteiger partial charge in [0.1, 0.15) is 5.82 Å². The van der Waals surface area contributed by atoms with Gasteiger partial charge in [-0.3, -0.25) is 4.98 Å². The van der Waals surface area contributed by atoms with Gasteiger partial charge in [-0.1, -0.05) is 18.2 Å². The van der Waals surface area contributed by atoms with Gasteiger partial charge in [0.25, 0.3) is 0 Å². The van der Waals surface area contributed by atoms with Crippen molar-refractivity contribution in [2.45, 2.75) is 10.9 Å². The molecule has 134 valence electrons. The number of anilines is 1. The Labute approximate surface area is 149 Å². The van der Waals surface area contributed by atoms with Crippen molar-refractivity contribution < 1.29 is 17.2 Å². The predicted octanol–water partition coefficient (Wildman–Crippen LogP) is 3.36. The Morgan fingerprint density at radius 2 is 1.77 bits per heavy atom. The van der Waals surface area contributed by atoms with Crippen LogP contribution in [0.3, 0.4) is 0 Å². The highest BCUT2D eigenvalue weighted by Gasteiger charge is 2.19. The van der Waals surface area contributed by atoms with E-state index in [0.29, 0.717) is 16.9 Å². The number of rotatable bonds is 5. The summed E-state index contributed by atoms with van der Waals surface area (Å²) in [6, 6.07) is 9.13. The zero-order valence-electron chi connectivity index (χ0n) is 13.7. The largest absolute Gasteiger partial charge is 0.358 e. The highest BCUT2D eigenvalue weighted by molar-refractivity contribution is 7.90. The van der Waals surface area contributed by atoms with Crippen molar-refractivity contribution >= 4 is 15.7 Å². The number of hydrogen-bond acceptors (Lipinski definition) is 5. The normalized spacial score (nSPS) is 12.6. The van der Waals surface area contributed by atoms with Gasteiger partial charge in [0, 0.05) is 18.6 Å². The molecule has 1 unspecified atom stereocenters. The summed E-state index contributed by atoms with van der Waals surface area (Å²) < 4.78 is 50.7. The van der Waals surface area contributed by atoms with Crippen LogP contribution in [0.25, 0.3) is 0 Å². The second-order valence-electron chi connectivity index (χ2n) is 5.69. The molecule has 0 spiro atoms. The van der Waals surface area contributed by atoms with Crippen LogP contribution >= 0.6 is 0 Å². The molecule has 5 nitrogen and oxygen atoms in total. The maximum atomic E-state index is 13.7. The van der Waals surface area contributed by atoms with Crippen LogP contribution in [-0.2, 0) is 9.84 Å². The molecule has 1 atom stereocenters. The minimum absolute atomic E-state index is 0.128. The molecular weight excluding hydrogens is 360 g/mol. The summed E-state index contributed by atoms with van der Waals surface area (Å²) in [6.07, 6.45) is 5.57. The fourth-order valence-electron chi connectivity index (χ4n) is 2.50. The maximum absolute atomic E-state index is 13.7. The van der Waals surface area contributed by atoms with E-state index in [1.807, 2.05) is 0 Å². The molecule has 3 rings (SSSR count). The van der Waals surface area contributed by atoms with Crippen molar-refractivity contribution in [3.8, 4) is 0 Å². The summed E-state index contributed by atoms with van der Waals surface area (Å²) in [6.45, 7) is 0. The molecule has 0 amide bonds. The molecule has 0 saturated carbocycles.